The molecule has 4 nitrogen and oxygen atoms in total. The highest BCUT2D eigenvalue weighted by Crippen LogP contribution is 2.14. The number of rotatable bonds is 5. The van der Waals surface area contributed by atoms with Gasteiger partial charge in [-0.1, -0.05) is 48.5 Å². The van der Waals surface area contributed by atoms with Crippen LogP contribution in [0, 0.1) is 0 Å². The van der Waals surface area contributed by atoms with Gasteiger partial charge in [-0.3, -0.25) is 14.4 Å². The predicted molar refractivity (Wildman–Crippen MR) is 95.4 cm³/mol. The fourth-order valence-electron chi connectivity index (χ4n) is 2.15. The molecule has 2 amide bonds. The van der Waals surface area contributed by atoms with Crippen LogP contribution in [0.25, 0.3) is 0 Å². The number of anilines is 1. The molecule has 5 heteroatoms. The Labute approximate surface area is 141 Å². The molecular formula is C18H20N2O2S. The maximum absolute atomic E-state index is 12.2. The fraction of sp³-hybridized carbons (Fsp3) is 0.222. The van der Waals surface area contributed by atoms with Crippen LogP contribution in [0.3, 0.4) is 0 Å². The summed E-state index contributed by atoms with van der Waals surface area (Å²) in [5, 5.41) is -0.0497. The van der Waals surface area contributed by atoms with Crippen LogP contribution in [0.1, 0.15) is 18.9 Å². The van der Waals surface area contributed by atoms with Crippen LogP contribution < -0.4 is 9.62 Å². The molecule has 0 aromatic heterocycles. The van der Waals surface area contributed by atoms with Crippen LogP contribution in [-0.4, -0.2) is 17.7 Å². The molecule has 0 bridgehead atoms. The summed E-state index contributed by atoms with van der Waals surface area (Å²) in [6, 6.07) is 18.9. The van der Waals surface area contributed by atoms with Crippen molar-refractivity contribution in [2.45, 2.75) is 19.8 Å². The summed E-state index contributed by atoms with van der Waals surface area (Å²) in [5.41, 5.74) is 1.93. The Kier molecular flexibility index (Phi) is 6.69. The maximum Gasteiger partial charge on any atom is 0.332 e. The standard InChI is InChI=1S/C18H20N2O2S/c1-2-20(16-11-7-4-8-12-16)18(22)19-23-17(21)14-13-15-9-5-3-6-10-15/h3-12H,2,13-14H2,1H3,(H,19,22). The van der Waals surface area contributed by atoms with Crippen LogP contribution in [0.15, 0.2) is 60.7 Å². The quantitative estimate of drug-likeness (QED) is 0.843. The van der Waals surface area contributed by atoms with Crippen molar-refractivity contribution in [1.82, 2.24) is 4.72 Å². The molecule has 23 heavy (non-hydrogen) atoms. The van der Waals surface area contributed by atoms with E-state index in [1.165, 1.54) is 0 Å². The minimum absolute atomic E-state index is 0.0497. The van der Waals surface area contributed by atoms with Crippen molar-refractivity contribution in [3.63, 3.8) is 0 Å². The van der Waals surface area contributed by atoms with E-state index >= 15 is 0 Å². The highest BCUT2D eigenvalue weighted by Gasteiger charge is 2.15. The van der Waals surface area contributed by atoms with Crippen molar-refractivity contribution in [2.24, 2.45) is 0 Å². The van der Waals surface area contributed by atoms with Gasteiger partial charge in [0.1, 0.15) is 0 Å². The highest BCUT2D eigenvalue weighted by atomic mass is 32.2. The Morgan fingerprint density at radius 2 is 1.61 bits per heavy atom. The van der Waals surface area contributed by atoms with Crippen molar-refractivity contribution in [2.75, 3.05) is 11.4 Å². The van der Waals surface area contributed by atoms with Gasteiger partial charge in [-0.15, -0.1) is 0 Å². The van der Waals surface area contributed by atoms with Gasteiger partial charge >= 0.3 is 6.03 Å². The Balaban J connectivity index is 1.80. The average molecular weight is 328 g/mol. The molecule has 0 saturated heterocycles. The summed E-state index contributed by atoms with van der Waals surface area (Å²) >= 11 is 0.862. The lowest BCUT2D eigenvalue weighted by molar-refractivity contribution is -0.111. The van der Waals surface area contributed by atoms with Crippen LogP contribution in [0.5, 0.6) is 0 Å². The first-order valence-electron chi connectivity index (χ1n) is 7.57. The summed E-state index contributed by atoms with van der Waals surface area (Å²) in [6.07, 6.45) is 1.07. The van der Waals surface area contributed by atoms with Gasteiger partial charge in [-0.05, 0) is 31.0 Å². The lowest BCUT2D eigenvalue weighted by Gasteiger charge is -2.20. The number of hydrogen-bond donors (Lipinski definition) is 1. The largest absolute Gasteiger partial charge is 0.332 e. The van der Waals surface area contributed by atoms with Crippen LogP contribution in [-0.2, 0) is 11.2 Å². The van der Waals surface area contributed by atoms with Gasteiger partial charge in [-0.25, -0.2) is 4.79 Å². The first-order valence-corrected chi connectivity index (χ1v) is 8.38. The third-order valence-corrected chi connectivity index (χ3v) is 4.05. The number of benzene rings is 2. The third-order valence-electron chi connectivity index (χ3n) is 3.34. The molecule has 120 valence electrons. The zero-order chi connectivity index (χ0) is 16.5. The van der Waals surface area contributed by atoms with Crippen LogP contribution in [0.4, 0.5) is 10.5 Å². The Bertz CT molecular complexity index is 632. The van der Waals surface area contributed by atoms with E-state index in [4.69, 9.17) is 0 Å². The van der Waals surface area contributed by atoms with Gasteiger partial charge in [0.05, 0.1) is 0 Å². The fourth-order valence-corrected chi connectivity index (χ4v) is 2.66. The molecular weight excluding hydrogens is 308 g/mol. The molecule has 2 rings (SSSR count). The average Bonchev–Trinajstić information content (AvgIpc) is 2.60. The molecule has 0 radical (unpaired) electrons. The SMILES string of the molecule is CCN(C(=O)NSC(=O)CCc1ccccc1)c1ccccc1. The van der Waals surface area contributed by atoms with Gasteiger partial charge in [-0.2, -0.15) is 0 Å². The number of urea groups is 1. The van der Waals surface area contributed by atoms with Crippen LogP contribution in [0.2, 0.25) is 0 Å². The normalized spacial score (nSPS) is 10.1. The predicted octanol–water partition coefficient (Wildman–Crippen LogP) is 4.03. The first-order chi connectivity index (χ1) is 11.2. The molecule has 0 fully saturated rings. The Morgan fingerprint density at radius 1 is 1.00 bits per heavy atom. The highest BCUT2D eigenvalue weighted by molar-refractivity contribution is 8.12. The number of nitrogens with zero attached hydrogens (tertiary/aromatic N) is 1. The molecule has 0 spiro atoms. The summed E-state index contributed by atoms with van der Waals surface area (Å²) in [4.78, 5) is 25.7. The molecule has 0 aliphatic carbocycles. The van der Waals surface area contributed by atoms with Gasteiger partial charge in [0.2, 0.25) is 5.12 Å². The molecule has 0 heterocycles. The molecule has 0 aliphatic heterocycles. The summed E-state index contributed by atoms with van der Waals surface area (Å²) in [6.45, 7) is 2.43. The molecule has 0 aliphatic rings. The van der Waals surface area contributed by atoms with Crippen molar-refractivity contribution in [3.05, 3.63) is 66.2 Å². The number of carbonyl (C=O) groups is 2. The van der Waals surface area contributed by atoms with E-state index in [9.17, 15) is 9.59 Å². The van der Waals surface area contributed by atoms with Crippen molar-refractivity contribution in [1.29, 1.82) is 0 Å². The smallest absolute Gasteiger partial charge is 0.294 e. The van der Waals surface area contributed by atoms with Crippen molar-refractivity contribution >= 4 is 28.8 Å². The van der Waals surface area contributed by atoms with Gasteiger partial charge in [0.15, 0.2) is 0 Å². The van der Waals surface area contributed by atoms with Crippen LogP contribution >= 0.6 is 11.9 Å². The van der Waals surface area contributed by atoms with E-state index in [-0.39, 0.29) is 11.1 Å². The Morgan fingerprint density at radius 3 is 2.22 bits per heavy atom. The summed E-state index contributed by atoms with van der Waals surface area (Å²) in [7, 11) is 0. The molecule has 0 unspecified atom stereocenters. The first kappa shape index (κ1) is 17.1. The second-order valence-corrected chi connectivity index (χ2v) is 5.81. The zero-order valence-corrected chi connectivity index (χ0v) is 13.9. The van der Waals surface area contributed by atoms with Gasteiger partial charge in [0, 0.05) is 30.6 Å². The minimum atomic E-state index is -0.281. The topological polar surface area (TPSA) is 49.4 Å². The summed E-state index contributed by atoms with van der Waals surface area (Å²) in [5.74, 6) is 0. The lowest BCUT2D eigenvalue weighted by atomic mass is 10.1. The monoisotopic (exact) mass is 328 g/mol. The number of hydrogen-bond acceptors (Lipinski definition) is 3. The number of para-hydroxylation sites is 1. The molecule has 0 saturated carbocycles. The number of carbonyl (C=O) groups excluding carboxylic acids is 2. The number of amides is 2. The van der Waals surface area contributed by atoms with Gasteiger partial charge in [0.25, 0.3) is 0 Å². The van der Waals surface area contributed by atoms with E-state index in [1.807, 2.05) is 67.6 Å². The molecule has 1 N–H and O–H groups in total. The molecule has 2 aromatic rings. The number of aryl methyl sites for hydroxylation is 1. The van der Waals surface area contributed by atoms with E-state index in [0.717, 1.165) is 23.2 Å². The van der Waals surface area contributed by atoms with Crippen molar-refractivity contribution < 1.29 is 9.59 Å². The maximum atomic E-state index is 12.2. The summed E-state index contributed by atoms with van der Waals surface area (Å²) < 4.78 is 2.62. The van der Waals surface area contributed by atoms with E-state index < -0.39 is 0 Å². The van der Waals surface area contributed by atoms with Crippen molar-refractivity contribution in [3.8, 4) is 0 Å². The zero-order valence-electron chi connectivity index (χ0n) is 13.1. The molecule has 0 atom stereocenters. The molecule has 2 aromatic carbocycles. The second kappa shape index (κ2) is 9.00. The second-order valence-electron chi connectivity index (χ2n) is 4.95. The number of nitrogens with one attached hydrogen (secondary N) is 1. The van der Waals surface area contributed by atoms with E-state index in [1.54, 1.807) is 4.90 Å². The minimum Gasteiger partial charge on any atom is -0.294 e. The van der Waals surface area contributed by atoms with Gasteiger partial charge < -0.3 is 0 Å². The third kappa shape index (κ3) is 5.45. The van der Waals surface area contributed by atoms with E-state index in [2.05, 4.69) is 4.72 Å². The van der Waals surface area contributed by atoms with E-state index in [0.29, 0.717) is 19.4 Å². The lowest BCUT2D eigenvalue weighted by Crippen LogP contribution is -2.37. The Hall–Kier alpha value is -2.27.